The van der Waals surface area contributed by atoms with Gasteiger partial charge < -0.3 is 0 Å². The van der Waals surface area contributed by atoms with E-state index in [1.54, 1.807) is 48.5 Å². The molecule has 5 atom stereocenters. The Balaban J connectivity index is 1.33. The lowest BCUT2D eigenvalue weighted by Crippen LogP contribution is -2.31. The summed E-state index contributed by atoms with van der Waals surface area (Å²) in [6.07, 6.45) is 1.84. The average molecular weight is 631 g/mol. The molecule has 0 aromatic heterocycles. The van der Waals surface area contributed by atoms with Crippen molar-refractivity contribution in [3.05, 3.63) is 131 Å². The molecule has 2 bridgehead atoms. The molecular weight excluding hydrogens is 593 g/mol. The second-order valence-corrected chi connectivity index (χ2v) is 15.4. The highest BCUT2D eigenvalue weighted by Crippen LogP contribution is 2.61. The van der Waals surface area contributed by atoms with Crippen molar-refractivity contribution >= 4 is 20.2 Å². The molecule has 0 N–H and O–H groups in total. The Morgan fingerprint density at radius 1 is 0.568 bits per heavy atom. The van der Waals surface area contributed by atoms with Crippen LogP contribution in [0.25, 0.3) is 0 Å². The zero-order chi connectivity index (χ0) is 30.9. The molecule has 4 aromatic carbocycles. The van der Waals surface area contributed by atoms with E-state index in [9.17, 15) is 16.8 Å². The standard InChI is InChI=1S/C36H38O6S2/c1-25-13-17-29(18-14-25)43(37,38)41-23-33-31-21-22-32(34(33)24-42-44(39,40)30-19-15-26(2)16-20-30)36(31)35(27-9-5-3-6-10-27)28-11-7-4-8-12-28/h3-20,31-36H,21-24H2,1-2H3/t31-,32+,33-,34+,36?. The molecule has 2 fully saturated rings. The van der Waals surface area contributed by atoms with Crippen LogP contribution in [-0.4, -0.2) is 30.0 Å². The molecule has 1 unspecified atom stereocenters. The van der Waals surface area contributed by atoms with Crippen LogP contribution in [0, 0.1) is 43.4 Å². The van der Waals surface area contributed by atoms with Crippen LogP contribution < -0.4 is 0 Å². The molecule has 8 heteroatoms. The summed E-state index contributed by atoms with van der Waals surface area (Å²) < 4.78 is 64.5. The molecule has 0 radical (unpaired) electrons. The summed E-state index contributed by atoms with van der Waals surface area (Å²) in [7, 11) is -7.99. The lowest BCUT2D eigenvalue weighted by molar-refractivity contribution is 0.101. The third kappa shape index (κ3) is 6.26. The highest BCUT2D eigenvalue weighted by Gasteiger charge is 2.57. The van der Waals surface area contributed by atoms with E-state index >= 15 is 0 Å². The summed E-state index contributed by atoms with van der Waals surface area (Å²) in [5.74, 6) is 0.129. The number of aryl methyl sites for hydroxylation is 2. The Kier molecular flexibility index (Phi) is 8.79. The maximum absolute atomic E-state index is 13.3. The van der Waals surface area contributed by atoms with E-state index in [-0.39, 0.29) is 58.5 Å². The number of hydrogen-bond donors (Lipinski definition) is 0. The van der Waals surface area contributed by atoms with Crippen LogP contribution in [0.1, 0.15) is 41.0 Å². The first kappa shape index (κ1) is 30.7. The Morgan fingerprint density at radius 3 is 1.30 bits per heavy atom. The Bertz CT molecular complexity index is 1640. The predicted molar refractivity (Wildman–Crippen MR) is 170 cm³/mol. The average Bonchev–Trinajstić information content (AvgIpc) is 3.56. The van der Waals surface area contributed by atoms with Crippen molar-refractivity contribution in [3.8, 4) is 0 Å². The monoisotopic (exact) mass is 630 g/mol. The summed E-state index contributed by atoms with van der Waals surface area (Å²) in [6, 6.07) is 34.0. The van der Waals surface area contributed by atoms with Gasteiger partial charge in [-0.25, -0.2) is 0 Å². The van der Waals surface area contributed by atoms with Crippen LogP contribution in [0.2, 0.25) is 0 Å². The van der Waals surface area contributed by atoms with E-state index in [0.717, 1.165) is 24.0 Å². The SMILES string of the molecule is Cc1ccc(S(=O)(=O)OC[C@@H]2[C@H](COS(=O)(=O)c3ccc(C)cc3)[C@H]3CC[C@@H]2C3C(c2ccccc2)c2ccccc2)cc1. The second-order valence-electron chi connectivity index (χ2n) is 12.2. The molecule has 0 spiro atoms. The van der Waals surface area contributed by atoms with Gasteiger partial charge in [0.2, 0.25) is 0 Å². The number of hydrogen-bond acceptors (Lipinski definition) is 6. The molecule has 0 saturated heterocycles. The molecular formula is C36H38O6S2. The topological polar surface area (TPSA) is 86.7 Å². The molecule has 2 aliphatic rings. The van der Waals surface area contributed by atoms with E-state index in [1.165, 1.54) is 11.1 Å². The van der Waals surface area contributed by atoms with E-state index in [4.69, 9.17) is 8.37 Å². The first-order valence-electron chi connectivity index (χ1n) is 15.2. The van der Waals surface area contributed by atoms with Gasteiger partial charge in [-0.05, 0) is 91.7 Å². The van der Waals surface area contributed by atoms with Gasteiger partial charge in [0.05, 0.1) is 23.0 Å². The smallest absolute Gasteiger partial charge is 0.266 e. The molecule has 6 rings (SSSR count). The minimum absolute atomic E-state index is 0.0250. The van der Waals surface area contributed by atoms with Crippen molar-refractivity contribution < 1.29 is 25.2 Å². The quantitative estimate of drug-likeness (QED) is 0.164. The van der Waals surface area contributed by atoms with Gasteiger partial charge in [-0.3, -0.25) is 8.37 Å². The number of fused-ring (bicyclic) bond motifs is 2. The normalized spacial score (nSPS) is 23.3. The molecule has 0 amide bonds. The minimum atomic E-state index is -4.00. The van der Waals surface area contributed by atoms with Gasteiger partial charge >= 0.3 is 0 Å². The van der Waals surface area contributed by atoms with Crippen molar-refractivity contribution in [2.24, 2.45) is 29.6 Å². The Labute approximate surface area is 261 Å². The lowest BCUT2D eigenvalue weighted by Gasteiger charge is -2.30. The Morgan fingerprint density at radius 2 is 0.932 bits per heavy atom. The molecule has 0 aliphatic heterocycles. The van der Waals surface area contributed by atoms with Crippen molar-refractivity contribution in [1.82, 2.24) is 0 Å². The molecule has 2 saturated carbocycles. The van der Waals surface area contributed by atoms with Gasteiger partial charge in [-0.1, -0.05) is 96.1 Å². The van der Waals surface area contributed by atoms with Crippen LogP contribution in [0.4, 0.5) is 0 Å². The van der Waals surface area contributed by atoms with Crippen molar-refractivity contribution in [3.63, 3.8) is 0 Å². The van der Waals surface area contributed by atoms with E-state index < -0.39 is 20.2 Å². The zero-order valence-electron chi connectivity index (χ0n) is 25.0. The van der Waals surface area contributed by atoms with Gasteiger partial charge in [0, 0.05) is 5.92 Å². The lowest BCUT2D eigenvalue weighted by atomic mass is 9.75. The van der Waals surface area contributed by atoms with Crippen LogP contribution in [0.15, 0.2) is 119 Å². The molecule has 44 heavy (non-hydrogen) atoms. The fourth-order valence-electron chi connectivity index (χ4n) is 7.55. The fraction of sp³-hybridized carbons (Fsp3) is 0.333. The highest BCUT2D eigenvalue weighted by atomic mass is 32.2. The van der Waals surface area contributed by atoms with Crippen molar-refractivity contribution in [2.45, 2.75) is 42.4 Å². The summed E-state index contributed by atoms with van der Waals surface area (Å²) in [4.78, 5) is 0.230. The summed E-state index contributed by atoms with van der Waals surface area (Å²) >= 11 is 0. The van der Waals surface area contributed by atoms with E-state index in [1.807, 2.05) is 50.2 Å². The van der Waals surface area contributed by atoms with Gasteiger partial charge in [0.25, 0.3) is 20.2 Å². The van der Waals surface area contributed by atoms with Crippen LogP contribution >= 0.6 is 0 Å². The highest BCUT2D eigenvalue weighted by molar-refractivity contribution is 7.87. The molecule has 230 valence electrons. The molecule has 0 heterocycles. The second kappa shape index (κ2) is 12.6. The van der Waals surface area contributed by atoms with Crippen molar-refractivity contribution in [2.75, 3.05) is 13.2 Å². The minimum Gasteiger partial charge on any atom is -0.266 e. The van der Waals surface area contributed by atoms with Gasteiger partial charge in [-0.15, -0.1) is 0 Å². The largest absolute Gasteiger partial charge is 0.296 e. The van der Waals surface area contributed by atoms with Crippen LogP contribution in [0.3, 0.4) is 0 Å². The third-order valence-electron chi connectivity index (χ3n) is 9.62. The maximum Gasteiger partial charge on any atom is 0.296 e. The summed E-state index contributed by atoms with van der Waals surface area (Å²) in [5, 5.41) is 0. The molecule has 2 aliphatic carbocycles. The predicted octanol–water partition coefficient (Wildman–Crippen LogP) is 7.13. The number of benzene rings is 4. The van der Waals surface area contributed by atoms with Crippen LogP contribution in [-0.2, 0) is 28.6 Å². The van der Waals surface area contributed by atoms with Crippen LogP contribution in [0.5, 0.6) is 0 Å². The molecule has 6 nitrogen and oxygen atoms in total. The van der Waals surface area contributed by atoms with Crippen molar-refractivity contribution in [1.29, 1.82) is 0 Å². The summed E-state index contributed by atoms with van der Waals surface area (Å²) in [6.45, 7) is 3.75. The first-order valence-corrected chi connectivity index (χ1v) is 18.0. The maximum atomic E-state index is 13.3. The zero-order valence-corrected chi connectivity index (χ0v) is 26.6. The van der Waals surface area contributed by atoms with Gasteiger partial charge in [-0.2, -0.15) is 16.8 Å². The third-order valence-corrected chi connectivity index (χ3v) is 12.2. The van der Waals surface area contributed by atoms with Gasteiger partial charge in [0.15, 0.2) is 0 Å². The van der Waals surface area contributed by atoms with Gasteiger partial charge in [0.1, 0.15) is 0 Å². The Hall–Kier alpha value is -3.30. The van der Waals surface area contributed by atoms with E-state index in [2.05, 4.69) is 24.3 Å². The number of rotatable bonds is 11. The summed E-state index contributed by atoms with van der Waals surface area (Å²) in [5.41, 5.74) is 4.31. The first-order chi connectivity index (χ1) is 21.1. The fourth-order valence-corrected chi connectivity index (χ4v) is 9.43. The molecule has 4 aromatic rings. The van der Waals surface area contributed by atoms with E-state index in [0.29, 0.717) is 0 Å².